The van der Waals surface area contributed by atoms with E-state index in [1.807, 2.05) is 29.3 Å². The highest BCUT2D eigenvalue weighted by molar-refractivity contribution is 7.15. The van der Waals surface area contributed by atoms with Crippen molar-refractivity contribution in [1.29, 1.82) is 0 Å². The Kier molecular flexibility index (Phi) is 4.95. The summed E-state index contributed by atoms with van der Waals surface area (Å²) in [5.74, 6) is 1.43. The molecule has 1 fully saturated rings. The van der Waals surface area contributed by atoms with Gasteiger partial charge in [0.05, 0.1) is 6.61 Å². The average molecular weight is 387 g/mol. The van der Waals surface area contributed by atoms with Crippen LogP contribution >= 0.6 is 11.3 Å². The molecule has 3 aromatic rings. The summed E-state index contributed by atoms with van der Waals surface area (Å²) in [6.45, 7) is 6.64. The lowest BCUT2D eigenvalue weighted by molar-refractivity contribution is -0.389. The first-order valence-corrected chi connectivity index (χ1v) is 9.82. The van der Waals surface area contributed by atoms with E-state index in [1.54, 1.807) is 10.6 Å². The quantitative estimate of drug-likeness (QED) is 0.478. The molecule has 3 heterocycles. The van der Waals surface area contributed by atoms with E-state index in [2.05, 4.69) is 22.0 Å². The van der Waals surface area contributed by atoms with E-state index in [0.29, 0.717) is 17.4 Å². The number of hydrogen-bond donors (Lipinski definition) is 0. The van der Waals surface area contributed by atoms with Crippen LogP contribution < -0.4 is 9.64 Å². The number of hydrogen-bond acceptors (Lipinski definition) is 7. The van der Waals surface area contributed by atoms with Gasteiger partial charge in [-0.3, -0.25) is 4.90 Å². The molecule has 1 aliphatic rings. The molecule has 4 rings (SSSR count). The molecule has 0 atom stereocenters. The van der Waals surface area contributed by atoms with E-state index in [9.17, 15) is 10.1 Å². The molecular weight excluding hydrogens is 366 g/mol. The Bertz CT molecular complexity index is 928. The maximum Gasteiger partial charge on any atom is 0.373 e. The fourth-order valence-corrected chi connectivity index (χ4v) is 4.08. The van der Waals surface area contributed by atoms with Gasteiger partial charge in [0, 0.05) is 38.1 Å². The molecule has 2 aromatic heterocycles. The van der Waals surface area contributed by atoms with Crippen LogP contribution in [0.5, 0.6) is 5.75 Å². The highest BCUT2D eigenvalue weighted by atomic mass is 32.1. The number of ether oxygens (including phenoxy) is 1. The molecule has 0 spiro atoms. The van der Waals surface area contributed by atoms with Gasteiger partial charge in [-0.05, 0) is 29.5 Å². The molecule has 27 heavy (non-hydrogen) atoms. The summed E-state index contributed by atoms with van der Waals surface area (Å²) in [5, 5.41) is 13.3. The van der Waals surface area contributed by atoms with Gasteiger partial charge in [0.2, 0.25) is 5.82 Å². The monoisotopic (exact) mass is 387 g/mol. The van der Waals surface area contributed by atoms with Gasteiger partial charge >= 0.3 is 5.82 Å². The van der Waals surface area contributed by atoms with Crippen LogP contribution in [-0.2, 0) is 6.54 Å². The normalized spacial score (nSPS) is 15.4. The molecule has 0 unspecified atom stereocenters. The summed E-state index contributed by atoms with van der Waals surface area (Å²) in [7, 11) is 0. The molecule has 0 amide bonds. The summed E-state index contributed by atoms with van der Waals surface area (Å²) in [5.41, 5.74) is 1.24. The molecule has 0 N–H and O–H groups in total. The SMILES string of the molecule is CCOc1ccc(CN2CCN(c3nc4sccn4c3[N+](=O)[O-])CC2)cc1. The molecule has 9 heteroatoms. The molecule has 1 aromatic carbocycles. The maximum absolute atomic E-state index is 11.5. The average Bonchev–Trinajstić information content (AvgIpc) is 3.25. The van der Waals surface area contributed by atoms with Crippen molar-refractivity contribution in [3.8, 4) is 5.75 Å². The zero-order valence-corrected chi connectivity index (χ0v) is 15.9. The van der Waals surface area contributed by atoms with E-state index >= 15 is 0 Å². The number of nitrogens with zero attached hydrogens (tertiary/aromatic N) is 5. The highest BCUT2D eigenvalue weighted by Crippen LogP contribution is 2.31. The lowest BCUT2D eigenvalue weighted by atomic mass is 10.2. The third-order valence-electron chi connectivity index (χ3n) is 4.70. The minimum atomic E-state index is -0.339. The number of nitro groups is 1. The Morgan fingerprint density at radius 2 is 1.96 bits per heavy atom. The van der Waals surface area contributed by atoms with Gasteiger partial charge in [0.15, 0.2) is 0 Å². The van der Waals surface area contributed by atoms with E-state index in [-0.39, 0.29) is 10.7 Å². The van der Waals surface area contributed by atoms with Crippen LogP contribution in [-0.4, -0.2) is 52.0 Å². The van der Waals surface area contributed by atoms with Crippen molar-refractivity contribution in [2.45, 2.75) is 13.5 Å². The smallest absolute Gasteiger partial charge is 0.373 e. The zero-order valence-electron chi connectivity index (χ0n) is 15.1. The van der Waals surface area contributed by atoms with Crippen LogP contribution in [0.4, 0.5) is 11.6 Å². The Morgan fingerprint density at radius 3 is 2.63 bits per heavy atom. The molecule has 0 radical (unpaired) electrons. The summed E-state index contributed by atoms with van der Waals surface area (Å²) in [6.07, 6.45) is 1.71. The number of thiazole rings is 1. The van der Waals surface area contributed by atoms with Gasteiger partial charge in [-0.2, -0.15) is 9.38 Å². The van der Waals surface area contributed by atoms with Crippen LogP contribution in [0.2, 0.25) is 0 Å². The molecule has 0 saturated carbocycles. The van der Waals surface area contributed by atoms with Crippen LogP contribution in [0.25, 0.3) is 4.96 Å². The first kappa shape index (κ1) is 17.7. The van der Waals surface area contributed by atoms with Gasteiger partial charge < -0.3 is 19.8 Å². The van der Waals surface area contributed by atoms with Crippen molar-refractivity contribution in [3.05, 3.63) is 51.5 Å². The Morgan fingerprint density at radius 1 is 1.22 bits per heavy atom. The van der Waals surface area contributed by atoms with Crippen molar-refractivity contribution in [3.63, 3.8) is 0 Å². The number of anilines is 1. The van der Waals surface area contributed by atoms with E-state index in [0.717, 1.165) is 38.5 Å². The van der Waals surface area contributed by atoms with Crippen LogP contribution in [0, 0.1) is 10.1 Å². The van der Waals surface area contributed by atoms with E-state index < -0.39 is 0 Å². The lowest BCUT2D eigenvalue weighted by Gasteiger charge is -2.34. The van der Waals surface area contributed by atoms with Gasteiger partial charge in [-0.25, -0.2) is 0 Å². The number of rotatable bonds is 6. The van der Waals surface area contributed by atoms with Crippen LogP contribution in [0.3, 0.4) is 0 Å². The van der Waals surface area contributed by atoms with Gasteiger partial charge in [-0.15, -0.1) is 0 Å². The second-order valence-corrected chi connectivity index (χ2v) is 7.28. The topological polar surface area (TPSA) is 76.2 Å². The molecule has 1 saturated heterocycles. The minimum Gasteiger partial charge on any atom is -0.494 e. The predicted molar refractivity (Wildman–Crippen MR) is 105 cm³/mol. The molecule has 1 aliphatic heterocycles. The Labute approximate surface area is 160 Å². The largest absolute Gasteiger partial charge is 0.494 e. The molecule has 8 nitrogen and oxygen atoms in total. The highest BCUT2D eigenvalue weighted by Gasteiger charge is 2.30. The summed E-state index contributed by atoms with van der Waals surface area (Å²) < 4.78 is 7.04. The minimum absolute atomic E-state index is 0.0613. The fourth-order valence-electron chi connectivity index (χ4n) is 3.38. The number of fused-ring (bicyclic) bond motifs is 1. The first-order chi connectivity index (χ1) is 13.2. The second-order valence-electron chi connectivity index (χ2n) is 6.41. The number of benzene rings is 1. The number of piperazine rings is 1. The van der Waals surface area contributed by atoms with Gasteiger partial charge in [-0.1, -0.05) is 23.5 Å². The fraction of sp³-hybridized carbons (Fsp3) is 0.389. The van der Waals surface area contributed by atoms with E-state index in [4.69, 9.17) is 4.74 Å². The first-order valence-electron chi connectivity index (χ1n) is 8.94. The summed E-state index contributed by atoms with van der Waals surface area (Å²) in [4.78, 5) is 20.7. The Hall–Kier alpha value is -2.65. The number of imidazole rings is 1. The second kappa shape index (κ2) is 7.53. The molecule has 0 aliphatic carbocycles. The van der Waals surface area contributed by atoms with Crippen LogP contribution in [0.1, 0.15) is 12.5 Å². The van der Waals surface area contributed by atoms with Gasteiger partial charge in [0.25, 0.3) is 4.96 Å². The van der Waals surface area contributed by atoms with E-state index in [1.165, 1.54) is 16.9 Å². The van der Waals surface area contributed by atoms with Crippen molar-refractivity contribution < 1.29 is 9.66 Å². The molecular formula is C18H21N5O3S. The Balaban J connectivity index is 1.41. The van der Waals surface area contributed by atoms with Crippen molar-refractivity contribution >= 4 is 27.9 Å². The third kappa shape index (κ3) is 3.60. The van der Waals surface area contributed by atoms with Crippen molar-refractivity contribution in [1.82, 2.24) is 14.3 Å². The third-order valence-corrected chi connectivity index (χ3v) is 5.46. The van der Waals surface area contributed by atoms with Crippen molar-refractivity contribution in [2.75, 3.05) is 37.7 Å². The summed E-state index contributed by atoms with van der Waals surface area (Å²) in [6, 6.07) is 8.17. The maximum atomic E-state index is 11.5. The lowest BCUT2D eigenvalue weighted by Crippen LogP contribution is -2.46. The molecule has 0 bridgehead atoms. The van der Waals surface area contributed by atoms with Gasteiger partial charge in [0.1, 0.15) is 11.9 Å². The van der Waals surface area contributed by atoms with Crippen LogP contribution in [0.15, 0.2) is 35.8 Å². The van der Waals surface area contributed by atoms with Crippen molar-refractivity contribution in [2.24, 2.45) is 0 Å². The predicted octanol–water partition coefficient (Wildman–Crippen LogP) is 3.02. The molecule has 142 valence electrons. The zero-order chi connectivity index (χ0) is 18.8. The standard InChI is InChI=1S/C18H21N5O3S/c1-2-26-15-5-3-14(4-6-15)13-20-7-9-21(10-8-20)16-17(23(24)25)22-11-12-27-18(22)19-16/h3-6,11-12H,2,7-10,13H2,1H3. The number of aromatic nitrogens is 2. The summed E-state index contributed by atoms with van der Waals surface area (Å²) >= 11 is 1.41.